The Bertz CT molecular complexity index is 1410. The van der Waals surface area contributed by atoms with Gasteiger partial charge < -0.3 is 5.11 Å². The molecule has 1 aliphatic heterocycles. The Morgan fingerprint density at radius 1 is 0.971 bits per heavy atom. The Morgan fingerprint density at radius 3 is 2.40 bits per heavy atom. The van der Waals surface area contributed by atoms with Crippen LogP contribution in [0.25, 0.3) is 5.76 Å². The third kappa shape index (κ3) is 4.07. The first kappa shape index (κ1) is 23.4. The van der Waals surface area contributed by atoms with Gasteiger partial charge in [0.25, 0.3) is 0 Å². The molecule has 2 N–H and O–H groups in total. The number of nitrogens with zero attached hydrogens (tertiary/aromatic N) is 1. The van der Waals surface area contributed by atoms with Crippen molar-refractivity contribution in [2.24, 2.45) is 0 Å². The molecular formula is C29H24Cl2N2O2. The molecule has 3 aromatic rings. The fourth-order valence-electron chi connectivity index (χ4n) is 4.97. The molecule has 2 aliphatic rings. The minimum absolute atomic E-state index is 0.00485. The van der Waals surface area contributed by atoms with Crippen LogP contribution < -0.4 is 4.90 Å². The second-order valence-corrected chi connectivity index (χ2v) is 9.65. The molecule has 0 saturated carbocycles. The van der Waals surface area contributed by atoms with Crippen molar-refractivity contribution in [3.05, 3.63) is 116 Å². The average molecular weight is 503 g/mol. The standard InChI is InChI=1S/C29H24Cl2N2O2/c1-17-14-15-19(16-22(17)31)33-23-12-7-13-24(34)26(23)25(20-10-5-6-11-21(20)30)27(29(33)32)28(35)18-8-3-2-4-9-18/h2-6,8-11,14-16,25,32,35H,7,12-13H2,1H3/b28-27+,32-29?/t25-/m1/s1. The molecule has 0 aromatic heterocycles. The highest BCUT2D eigenvalue weighted by Crippen LogP contribution is 2.49. The SMILES string of the molecule is Cc1ccc(N2C(=N)/C(=C(/O)c3ccccc3)[C@H](c3ccccc3Cl)C3=C2CCCC3=O)cc1Cl. The number of benzene rings is 3. The number of hydrogen-bond donors (Lipinski definition) is 2. The second-order valence-electron chi connectivity index (χ2n) is 8.84. The Hall–Kier alpha value is -3.34. The van der Waals surface area contributed by atoms with Crippen LogP contribution in [0.5, 0.6) is 0 Å². The summed E-state index contributed by atoms with van der Waals surface area (Å²) in [5.41, 5.74) is 4.55. The minimum atomic E-state index is -0.656. The van der Waals surface area contributed by atoms with E-state index in [1.807, 2.05) is 61.5 Å². The lowest BCUT2D eigenvalue weighted by Gasteiger charge is -2.42. The number of nitrogens with one attached hydrogen (secondary N) is 1. The average Bonchev–Trinajstić information content (AvgIpc) is 2.86. The van der Waals surface area contributed by atoms with E-state index in [4.69, 9.17) is 23.2 Å². The number of Topliss-reactive ketones (excluding diaryl/α,β-unsaturated/α-hetero) is 1. The van der Waals surface area contributed by atoms with Gasteiger partial charge in [0.1, 0.15) is 11.6 Å². The van der Waals surface area contributed by atoms with Gasteiger partial charge in [-0.1, -0.05) is 77.8 Å². The number of aliphatic hydroxyl groups excluding tert-OH is 1. The molecule has 176 valence electrons. The first-order valence-electron chi connectivity index (χ1n) is 11.5. The number of anilines is 1. The molecule has 35 heavy (non-hydrogen) atoms. The van der Waals surface area contributed by atoms with Crippen LogP contribution in [0.1, 0.15) is 41.9 Å². The Labute approximate surface area is 214 Å². The smallest absolute Gasteiger partial charge is 0.161 e. The van der Waals surface area contributed by atoms with Crippen LogP contribution >= 0.6 is 23.2 Å². The number of carbonyl (C=O) groups is 1. The third-order valence-electron chi connectivity index (χ3n) is 6.69. The van der Waals surface area contributed by atoms with E-state index in [9.17, 15) is 15.3 Å². The van der Waals surface area contributed by atoms with Crippen LogP contribution in [0.15, 0.2) is 89.6 Å². The lowest BCUT2D eigenvalue weighted by molar-refractivity contribution is -0.116. The number of allylic oxidation sites excluding steroid dienone is 2. The van der Waals surface area contributed by atoms with E-state index in [1.54, 1.807) is 23.1 Å². The predicted octanol–water partition coefficient (Wildman–Crippen LogP) is 7.86. The number of aliphatic hydroxyl groups is 1. The molecule has 3 aromatic carbocycles. The normalized spacial score (nSPS) is 19.6. The van der Waals surface area contributed by atoms with Crippen LogP contribution in [0.3, 0.4) is 0 Å². The van der Waals surface area contributed by atoms with Crippen LogP contribution in [0.4, 0.5) is 5.69 Å². The summed E-state index contributed by atoms with van der Waals surface area (Å²) in [6, 6.07) is 22.0. The summed E-state index contributed by atoms with van der Waals surface area (Å²) in [6.45, 7) is 1.92. The first-order valence-corrected chi connectivity index (χ1v) is 12.3. The molecule has 0 amide bonds. The molecule has 0 spiro atoms. The zero-order valence-corrected chi connectivity index (χ0v) is 20.7. The minimum Gasteiger partial charge on any atom is -0.507 e. The van der Waals surface area contributed by atoms with Gasteiger partial charge in [-0.05, 0) is 49.1 Å². The number of carbonyl (C=O) groups excluding carboxylic acids is 1. The zero-order chi connectivity index (χ0) is 24.7. The summed E-state index contributed by atoms with van der Waals surface area (Å²) in [7, 11) is 0. The van der Waals surface area contributed by atoms with Crippen molar-refractivity contribution in [1.29, 1.82) is 5.41 Å². The maximum absolute atomic E-state index is 13.5. The van der Waals surface area contributed by atoms with Crippen molar-refractivity contribution in [2.75, 3.05) is 4.90 Å². The third-order valence-corrected chi connectivity index (χ3v) is 7.44. The second kappa shape index (κ2) is 9.37. The van der Waals surface area contributed by atoms with Crippen molar-refractivity contribution in [1.82, 2.24) is 0 Å². The number of rotatable bonds is 3. The molecule has 4 nitrogen and oxygen atoms in total. The predicted molar refractivity (Wildman–Crippen MR) is 142 cm³/mol. The van der Waals surface area contributed by atoms with Crippen LogP contribution in [-0.2, 0) is 4.79 Å². The van der Waals surface area contributed by atoms with Gasteiger partial charge in [0.15, 0.2) is 5.78 Å². The molecule has 0 saturated heterocycles. The van der Waals surface area contributed by atoms with E-state index >= 15 is 0 Å². The number of ketones is 1. The zero-order valence-electron chi connectivity index (χ0n) is 19.2. The molecule has 6 heteroatoms. The van der Waals surface area contributed by atoms with Crippen LogP contribution in [0, 0.1) is 12.3 Å². The van der Waals surface area contributed by atoms with E-state index in [0.29, 0.717) is 57.3 Å². The van der Waals surface area contributed by atoms with Crippen molar-refractivity contribution < 1.29 is 9.90 Å². The van der Waals surface area contributed by atoms with Crippen molar-refractivity contribution in [3.63, 3.8) is 0 Å². The van der Waals surface area contributed by atoms with E-state index in [2.05, 4.69) is 0 Å². The summed E-state index contributed by atoms with van der Waals surface area (Å²) in [5, 5.41) is 22.0. The van der Waals surface area contributed by atoms with E-state index in [0.717, 1.165) is 11.3 Å². The largest absolute Gasteiger partial charge is 0.507 e. The van der Waals surface area contributed by atoms with Gasteiger partial charge in [0.05, 0.1) is 0 Å². The molecule has 1 atom stereocenters. The summed E-state index contributed by atoms with van der Waals surface area (Å²) < 4.78 is 0. The summed E-state index contributed by atoms with van der Waals surface area (Å²) in [6.07, 6.45) is 1.74. The highest BCUT2D eigenvalue weighted by molar-refractivity contribution is 6.32. The van der Waals surface area contributed by atoms with Crippen molar-refractivity contribution >= 4 is 46.3 Å². The Kier molecular flexibility index (Phi) is 6.26. The number of aryl methyl sites for hydroxylation is 1. The topological polar surface area (TPSA) is 64.4 Å². The highest BCUT2D eigenvalue weighted by atomic mass is 35.5. The molecule has 0 radical (unpaired) electrons. The molecule has 0 bridgehead atoms. The van der Waals surface area contributed by atoms with Gasteiger partial charge in [-0.2, -0.15) is 0 Å². The Balaban J connectivity index is 1.85. The summed E-state index contributed by atoms with van der Waals surface area (Å²) >= 11 is 13.1. The van der Waals surface area contributed by atoms with Crippen LogP contribution in [-0.4, -0.2) is 16.7 Å². The Morgan fingerprint density at radius 2 is 1.69 bits per heavy atom. The maximum Gasteiger partial charge on any atom is 0.161 e. The lowest BCUT2D eigenvalue weighted by atomic mass is 9.73. The number of amidine groups is 1. The van der Waals surface area contributed by atoms with E-state index in [1.165, 1.54) is 0 Å². The van der Waals surface area contributed by atoms with Gasteiger partial charge in [-0.15, -0.1) is 0 Å². The van der Waals surface area contributed by atoms with Crippen molar-refractivity contribution in [3.8, 4) is 0 Å². The summed E-state index contributed by atoms with van der Waals surface area (Å²) in [5.74, 6) is -0.597. The quantitative estimate of drug-likeness (QED) is 0.358. The van der Waals surface area contributed by atoms with Gasteiger partial charge in [0, 0.05) is 50.5 Å². The maximum atomic E-state index is 13.5. The van der Waals surface area contributed by atoms with Gasteiger partial charge in [0.2, 0.25) is 0 Å². The van der Waals surface area contributed by atoms with Gasteiger partial charge >= 0.3 is 0 Å². The van der Waals surface area contributed by atoms with Crippen molar-refractivity contribution in [2.45, 2.75) is 32.1 Å². The van der Waals surface area contributed by atoms with Gasteiger partial charge in [-0.3, -0.25) is 15.1 Å². The molecule has 0 unspecified atom stereocenters. The van der Waals surface area contributed by atoms with E-state index in [-0.39, 0.29) is 17.4 Å². The number of halogens is 2. The summed E-state index contributed by atoms with van der Waals surface area (Å²) in [4.78, 5) is 15.3. The lowest BCUT2D eigenvalue weighted by Crippen LogP contribution is -2.42. The van der Waals surface area contributed by atoms with Crippen LogP contribution in [0.2, 0.25) is 10.0 Å². The molecule has 5 rings (SSSR count). The highest BCUT2D eigenvalue weighted by Gasteiger charge is 2.43. The fourth-order valence-corrected chi connectivity index (χ4v) is 5.39. The molecular weight excluding hydrogens is 479 g/mol. The van der Waals surface area contributed by atoms with Gasteiger partial charge in [-0.25, -0.2) is 0 Å². The first-order chi connectivity index (χ1) is 16.9. The number of hydrogen-bond acceptors (Lipinski definition) is 3. The molecule has 0 fully saturated rings. The molecule has 1 heterocycles. The monoisotopic (exact) mass is 502 g/mol. The fraction of sp³-hybridized carbons (Fsp3) is 0.172. The molecule has 1 aliphatic carbocycles. The van der Waals surface area contributed by atoms with E-state index < -0.39 is 5.92 Å².